The standard InChI is InChI=1S/C23H16IN5/c24-16-8-10-17(11-9-16)29-22(18-7-4-14-26-21(18)25)28-20-13-12-19(27-23(20)29)15-5-2-1-3-6-15/h1-14H,(H2,25,26). The third-order valence-electron chi connectivity index (χ3n) is 4.74. The van der Waals surface area contributed by atoms with Crippen LogP contribution < -0.4 is 5.73 Å². The quantitative estimate of drug-likeness (QED) is 0.348. The van der Waals surface area contributed by atoms with E-state index in [1.54, 1.807) is 6.20 Å². The molecule has 0 amide bonds. The number of nitrogen functional groups attached to an aromatic ring is 1. The van der Waals surface area contributed by atoms with Crippen LogP contribution >= 0.6 is 22.6 Å². The zero-order chi connectivity index (χ0) is 19.8. The molecule has 5 rings (SSSR count). The fraction of sp³-hybridized carbons (Fsp3) is 0. The van der Waals surface area contributed by atoms with Crippen LogP contribution in [-0.2, 0) is 0 Å². The smallest absolute Gasteiger partial charge is 0.165 e. The molecule has 0 unspecified atom stereocenters. The van der Waals surface area contributed by atoms with Crippen molar-refractivity contribution in [3.8, 4) is 28.3 Å². The summed E-state index contributed by atoms with van der Waals surface area (Å²) in [6, 6.07) is 26.2. The molecule has 6 heteroatoms. The van der Waals surface area contributed by atoms with Crippen molar-refractivity contribution in [1.82, 2.24) is 19.5 Å². The molecule has 3 aromatic heterocycles. The number of halogens is 1. The van der Waals surface area contributed by atoms with E-state index in [1.807, 2.05) is 47.0 Å². The molecule has 0 spiro atoms. The monoisotopic (exact) mass is 489 g/mol. The van der Waals surface area contributed by atoms with E-state index in [-0.39, 0.29) is 0 Å². The average Bonchev–Trinajstić information content (AvgIpc) is 3.14. The van der Waals surface area contributed by atoms with Gasteiger partial charge >= 0.3 is 0 Å². The predicted octanol–water partition coefficient (Wildman–Crippen LogP) is 5.34. The summed E-state index contributed by atoms with van der Waals surface area (Å²) in [5.41, 5.74) is 11.5. The van der Waals surface area contributed by atoms with Gasteiger partial charge in [0.1, 0.15) is 11.3 Å². The van der Waals surface area contributed by atoms with Crippen LogP contribution in [-0.4, -0.2) is 19.5 Å². The minimum absolute atomic E-state index is 0.442. The fourth-order valence-electron chi connectivity index (χ4n) is 3.35. The number of benzene rings is 2. The molecule has 0 saturated heterocycles. The lowest BCUT2D eigenvalue weighted by Gasteiger charge is -2.10. The Bertz CT molecular complexity index is 1310. The highest BCUT2D eigenvalue weighted by Crippen LogP contribution is 2.31. The van der Waals surface area contributed by atoms with Gasteiger partial charge in [-0.3, -0.25) is 4.57 Å². The Balaban J connectivity index is 1.81. The zero-order valence-electron chi connectivity index (χ0n) is 15.3. The predicted molar refractivity (Wildman–Crippen MR) is 125 cm³/mol. The summed E-state index contributed by atoms with van der Waals surface area (Å²) in [4.78, 5) is 14.1. The summed E-state index contributed by atoms with van der Waals surface area (Å²) in [6.45, 7) is 0. The van der Waals surface area contributed by atoms with E-state index >= 15 is 0 Å². The molecule has 5 nitrogen and oxygen atoms in total. The third-order valence-corrected chi connectivity index (χ3v) is 5.46. The van der Waals surface area contributed by atoms with Gasteiger partial charge in [-0.15, -0.1) is 0 Å². The lowest BCUT2D eigenvalue weighted by atomic mass is 10.1. The van der Waals surface area contributed by atoms with E-state index < -0.39 is 0 Å². The number of nitrogens with two attached hydrogens (primary N) is 1. The number of nitrogens with zero attached hydrogens (tertiary/aromatic N) is 4. The normalized spacial score (nSPS) is 11.1. The molecule has 5 aromatic rings. The number of fused-ring (bicyclic) bond motifs is 1. The van der Waals surface area contributed by atoms with E-state index in [0.29, 0.717) is 5.82 Å². The van der Waals surface area contributed by atoms with Crippen LogP contribution in [0.15, 0.2) is 85.1 Å². The second kappa shape index (κ2) is 7.29. The molecule has 0 saturated carbocycles. The number of hydrogen-bond acceptors (Lipinski definition) is 4. The molecule has 0 atom stereocenters. The van der Waals surface area contributed by atoms with E-state index in [2.05, 4.69) is 64.0 Å². The summed E-state index contributed by atoms with van der Waals surface area (Å²) in [7, 11) is 0. The van der Waals surface area contributed by atoms with Crippen molar-refractivity contribution in [2.24, 2.45) is 0 Å². The summed E-state index contributed by atoms with van der Waals surface area (Å²) >= 11 is 2.30. The maximum Gasteiger partial charge on any atom is 0.165 e. The Morgan fingerprint density at radius 1 is 0.793 bits per heavy atom. The number of hydrogen-bond donors (Lipinski definition) is 1. The molecule has 29 heavy (non-hydrogen) atoms. The minimum Gasteiger partial charge on any atom is -0.383 e. The van der Waals surface area contributed by atoms with Crippen molar-refractivity contribution in [3.63, 3.8) is 0 Å². The Morgan fingerprint density at radius 2 is 1.59 bits per heavy atom. The van der Waals surface area contributed by atoms with Crippen LogP contribution in [0.25, 0.3) is 39.5 Å². The highest BCUT2D eigenvalue weighted by Gasteiger charge is 2.18. The molecule has 0 radical (unpaired) electrons. The van der Waals surface area contributed by atoms with Gasteiger partial charge in [0.15, 0.2) is 11.5 Å². The van der Waals surface area contributed by atoms with Crippen LogP contribution in [0.2, 0.25) is 0 Å². The molecule has 0 aliphatic carbocycles. The van der Waals surface area contributed by atoms with E-state index in [9.17, 15) is 0 Å². The van der Waals surface area contributed by atoms with Gasteiger partial charge in [-0.25, -0.2) is 15.0 Å². The molecule has 0 fully saturated rings. The number of aromatic nitrogens is 4. The van der Waals surface area contributed by atoms with Crippen LogP contribution in [0.3, 0.4) is 0 Å². The SMILES string of the molecule is Nc1ncccc1-c1nc2ccc(-c3ccccc3)nc2n1-c1ccc(I)cc1. The van der Waals surface area contributed by atoms with Crippen molar-refractivity contribution in [2.45, 2.75) is 0 Å². The first kappa shape index (κ1) is 17.8. The third kappa shape index (κ3) is 3.25. The van der Waals surface area contributed by atoms with Crippen LogP contribution in [0.1, 0.15) is 0 Å². The van der Waals surface area contributed by atoms with Crippen molar-refractivity contribution >= 4 is 39.6 Å². The van der Waals surface area contributed by atoms with E-state index in [0.717, 1.165) is 43.1 Å². The van der Waals surface area contributed by atoms with Crippen LogP contribution in [0, 0.1) is 3.57 Å². The molecule has 2 N–H and O–H groups in total. The van der Waals surface area contributed by atoms with E-state index in [1.165, 1.54) is 0 Å². The van der Waals surface area contributed by atoms with Crippen molar-refractivity contribution in [2.75, 3.05) is 5.73 Å². The van der Waals surface area contributed by atoms with Crippen LogP contribution in [0.4, 0.5) is 5.82 Å². The number of pyridine rings is 2. The molecule has 0 aliphatic rings. The Kier molecular flexibility index (Phi) is 4.48. The summed E-state index contributed by atoms with van der Waals surface area (Å²) in [6.07, 6.45) is 1.68. The van der Waals surface area contributed by atoms with Gasteiger partial charge in [-0.05, 0) is 71.1 Å². The zero-order valence-corrected chi connectivity index (χ0v) is 17.5. The first-order chi connectivity index (χ1) is 14.2. The van der Waals surface area contributed by atoms with Gasteiger partial charge < -0.3 is 5.73 Å². The highest BCUT2D eigenvalue weighted by molar-refractivity contribution is 14.1. The second-order valence-corrected chi connectivity index (χ2v) is 7.83. The molecule has 3 heterocycles. The molecule has 0 aliphatic heterocycles. The maximum atomic E-state index is 6.18. The van der Waals surface area contributed by atoms with Gasteiger partial charge in [0.25, 0.3) is 0 Å². The second-order valence-electron chi connectivity index (χ2n) is 6.59. The topological polar surface area (TPSA) is 69.6 Å². The van der Waals surface area contributed by atoms with Gasteiger partial charge in [0, 0.05) is 21.0 Å². The van der Waals surface area contributed by atoms with Crippen molar-refractivity contribution in [3.05, 3.63) is 88.6 Å². The number of anilines is 1. The fourth-order valence-corrected chi connectivity index (χ4v) is 3.71. The highest BCUT2D eigenvalue weighted by atomic mass is 127. The Morgan fingerprint density at radius 3 is 2.34 bits per heavy atom. The lowest BCUT2D eigenvalue weighted by Crippen LogP contribution is -2.02. The lowest BCUT2D eigenvalue weighted by molar-refractivity contribution is 1.07. The molecule has 140 valence electrons. The molecule has 0 bridgehead atoms. The average molecular weight is 489 g/mol. The minimum atomic E-state index is 0.442. The van der Waals surface area contributed by atoms with Crippen LogP contribution in [0.5, 0.6) is 0 Å². The Hall–Kier alpha value is -3.26. The number of rotatable bonds is 3. The molecular weight excluding hydrogens is 473 g/mol. The number of imidazole rings is 1. The van der Waals surface area contributed by atoms with Crippen molar-refractivity contribution in [1.29, 1.82) is 0 Å². The largest absolute Gasteiger partial charge is 0.383 e. The van der Waals surface area contributed by atoms with Crippen molar-refractivity contribution < 1.29 is 0 Å². The van der Waals surface area contributed by atoms with Gasteiger partial charge in [0.2, 0.25) is 0 Å². The van der Waals surface area contributed by atoms with Gasteiger partial charge in [-0.1, -0.05) is 30.3 Å². The maximum absolute atomic E-state index is 6.18. The van der Waals surface area contributed by atoms with Gasteiger partial charge in [0.05, 0.1) is 11.3 Å². The summed E-state index contributed by atoms with van der Waals surface area (Å²) in [5.74, 6) is 1.17. The summed E-state index contributed by atoms with van der Waals surface area (Å²) in [5, 5.41) is 0. The first-order valence-corrected chi connectivity index (χ1v) is 10.2. The first-order valence-electron chi connectivity index (χ1n) is 9.12. The van der Waals surface area contributed by atoms with Gasteiger partial charge in [-0.2, -0.15) is 0 Å². The Labute approximate surface area is 181 Å². The molecular formula is C23H16IN5. The molecule has 2 aromatic carbocycles. The van der Waals surface area contributed by atoms with E-state index in [4.69, 9.17) is 15.7 Å². The summed E-state index contributed by atoms with van der Waals surface area (Å²) < 4.78 is 3.21.